The van der Waals surface area contributed by atoms with Crippen LogP contribution in [0.2, 0.25) is 5.02 Å². The summed E-state index contributed by atoms with van der Waals surface area (Å²) in [5, 5.41) is 0.445. The second-order valence-corrected chi connectivity index (χ2v) is 4.68. The highest BCUT2D eigenvalue weighted by Gasteiger charge is 2.14. The third kappa shape index (κ3) is 2.23. The summed E-state index contributed by atoms with van der Waals surface area (Å²) in [5.74, 6) is 1.26. The first-order valence-corrected chi connectivity index (χ1v) is 5.76. The van der Waals surface area contributed by atoms with Gasteiger partial charge in [0.2, 0.25) is 5.89 Å². The molecular formula is C12H11Cl2NO. The van der Waals surface area contributed by atoms with Crippen molar-refractivity contribution in [3.63, 3.8) is 0 Å². The highest BCUT2D eigenvalue weighted by Crippen LogP contribution is 2.30. The predicted octanol–water partition coefficient (Wildman–Crippen LogP) is 4.60. The first-order chi connectivity index (χ1) is 7.58. The van der Waals surface area contributed by atoms with Crippen molar-refractivity contribution in [3.8, 4) is 11.3 Å². The van der Waals surface area contributed by atoms with Gasteiger partial charge in [-0.05, 0) is 26.0 Å². The zero-order valence-corrected chi connectivity index (χ0v) is 10.5. The number of nitrogens with zero attached hydrogens (tertiary/aromatic N) is 1. The number of halogens is 2. The normalized spacial score (nSPS) is 12.8. The average molecular weight is 256 g/mol. The lowest BCUT2D eigenvalue weighted by molar-refractivity contribution is 0.508. The number of hydrogen-bond acceptors (Lipinski definition) is 2. The molecule has 2 rings (SSSR count). The Morgan fingerprint density at radius 3 is 2.69 bits per heavy atom. The Bertz CT molecular complexity index is 505. The molecule has 4 heteroatoms. The van der Waals surface area contributed by atoms with E-state index < -0.39 is 0 Å². The molecule has 1 aromatic carbocycles. The van der Waals surface area contributed by atoms with Crippen molar-refractivity contribution in [3.05, 3.63) is 40.9 Å². The molecule has 1 heterocycles. The number of aromatic nitrogens is 1. The van der Waals surface area contributed by atoms with Gasteiger partial charge in [-0.15, -0.1) is 11.6 Å². The van der Waals surface area contributed by atoms with Crippen molar-refractivity contribution in [1.82, 2.24) is 4.98 Å². The van der Waals surface area contributed by atoms with Crippen LogP contribution < -0.4 is 0 Å². The number of hydrogen-bond donors (Lipinski definition) is 0. The van der Waals surface area contributed by atoms with E-state index in [1.165, 1.54) is 0 Å². The quantitative estimate of drug-likeness (QED) is 0.733. The lowest BCUT2D eigenvalue weighted by Crippen LogP contribution is -1.82. The van der Waals surface area contributed by atoms with E-state index in [-0.39, 0.29) is 5.38 Å². The van der Waals surface area contributed by atoms with E-state index in [9.17, 15) is 0 Å². The maximum atomic E-state index is 5.93. The molecule has 1 atom stereocenters. The van der Waals surface area contributed by atoms with Gasteiger partial charge in [0.25, 0.3) is 0 Å². The summed E-state index contributed by atoms with van der Waals surface area (Å²) in [5.41, 5.74) is 1.74. The van der Waals surface area contributed by atoms with E-state index in [2.05, 4.69) is 4.98 Å². The summed E-state index contributed by atoms with van der Waals surface area (Å²) >= 11 is 11.9. The first-order valence-electron chi connectivity index (χ1n) is 4.95. The van der Waals surface area contributed by atoms with Gasteiger partial charge in [-0.2, -0.15) is 0 Å². The van der Waals surface area contributed by atoms with E-state index >= 15 is 0 Å². The minimum atomic E-state index is -0.230. The largest absolute Gasteiger partial charge is 0.439 e. The minimum Gasteiger partial charge on any atom is -0.439 e. The highest BCUT2D eigenvalue weighted by atomic mass is 35.5. The molecule has 16 heavy (non-hydrogen) atoms. The zero-order chi connectivity index (χ0) is 11.7. The molecule has 0 radical (unpaired) electrons. The van der Waals surface area contributed by atoms with Crippen LogP contribution in [-0.2, 0) is 0 Å². The molecule has 0 saturated heterocycles. The first kappa shape index (κ1) is 11.5. The maximum Gasteiger partial charge on any atom is 0.212 e. The fraction of sp³-hybridized carbons (Fsp3) is 0.250. The van der Waals surface area contributed by atoms with Gasteiger partial charge in [-0.25, -0.2) is 4.98 Å². The van der Waals surface area contributed by atoms with Crippen LogP contribution in [0.1, 0.15) is 23.9 Å². The lowest BCUT2D eigenvalue weighted by atomic mass is 10.1. The second-order valence-electron chi connectivity index (χ2n) is 3.59. The molecule has 0 aliphatic rings. The van der Waals surface area contributed by atoms with Crippen molar-refractivity contribution in [2.75, 3.05) is 0 Å². The van der Waals surface area contributed by atoms with Crippen LogP contribution >= 0.6 is 23.2 Å². The lowest BCUT2D eigenvalue weighted by Gasteiger charge is -1.98. The Kier molecular flexibility index (Phi) is 3.22. The van der Waals surface area contributed by atoms with Gasteiger partial charge >= 0.3 is 0 Å². The molecule has 0 amide bonds. The predicted molar refractivity (Wildman–Crippen MR) is 66.0 cm³/mol. The molecule has 2 aromatic rings. The van der Waals surface area contributed by atoms with Gasteiger partial charge in [0.05, 0.1) is 5.69 Å². The van der Waals surface area contributed by atoms with Gasteiger partial charge in [0, 0.05) is 10.6 Å². The highest BCUT2D eigenvalue weighted by molar-refractivity contribution is 6.30. The van der Waals surface area contributed by atoms with Crippen LogP contribution in [0.15, 0.2) is 28.7 Å². The molecule has 0 aliphatic heterocycles. The van der Waals surface area contributed by atoms with Gasteiger partial charge < -0.3 is 4.42 Å². The summed E-state index contributed by atoms with van der Waals surface area (Å²) in [6, 6.07) is 7.48. The fourth-order valence-corrected chi connectivity index (χ4v) is 1.77. The van der Waals surface area contributed by atoms with Crippen molar-refractivity contribution in [1.29, 1.82) is 0 Å². The fourth-order valence-electron chi connectivity index (χ4n) is 1.48. The molecule has 1 aromatic heterocycles. The number of oxazole rings is 1. The Morgan fingerprint density at radius 1 is 1.38 bits per heavy atom. The van der Waals surface area contributed by atoms with Crippen molar-refractivity contribution >= 4 is 23.2 Å². The molecule has 84 valence electrons. The van der Waals surface area contributed by atoms with Crippen LogP contribution in [0.5, 0.6) is 0 Å². The topological polar surface area (TPSA) is 26.0 Å². The number of rotatable bonds is 2. The number of benzene rings is 1. The summed E-state index contributed by atoms with van der Waals surface area (Å²) in [6.07, 6.45) is 0. The van der Waals surface area contributed by atoms with Gasteiger partial charge in [-0.3, -0.25) is 0 Å². The standard InChI is InChI=1S/C12H11Cl2NO/c1-7(13)12-15-8(2)11(16-12)9-4-3-5-10(14)6-9/h3-7H,1-2H3. The van der Waals surface area contributed by atoms with Gasteiger partial charge in [0.15, 0.2) is 5.76 Å². The SMILES string of the molecule is Cc1nc(C(C)Cl)oc1-c1cccc(Cl)c1. The molecule has 0 N–H and O–H groups in total. The summed E-state index contributed by atoms with van der Waals surface area (Å²) in [6.45, 7) is 3.72. The maximum absolute atomic E-state index is 5.93. The monoisotopic (exact) mass is 255 g/mol. The van der Waals surface area contributed by atoms with E-state index in [1.807, 2.05) is 38.1 Å². The van der Waals surface area contributed by atoms with Crippen LogP contribution in [0, 0.1) is 6.92 Å². The summed E-state index contributed by atoms with van der Waals surface area (Å²) in [4.78, 5) is 4.27. The molecule has 0 bridgehead atoms. The van der Waals surface area contributed by atoms with Crippen molar-refractivity contribution in [2.24, 2.45) is 0 Å². The average Bonchev–Trinajstić information content (AvgIpc) is 2.60. The third-order valence-electron chi connectivity index (χ3n) is 2.24. The molecule has 0 aliphatic carbocycles. The van der Waals surface area contributed by atoms with Gasteiger partial charge in [-0.1, -0.05) is 23.7 Å². The Morgan fingerprint density at radius 2 is 2.12 bits per heavy atom. The van der Waals surface area contributed by atoms with Crippen LogP contribution in [0.3, 0.4) is 0 Å². The van der Waals surface area contributed by atoms with Crippen LogP contribution in [0.25, 0.3) is 11.3 Å². The summed E-state index contributed by atoms with van der Waals surface area (Å²) < 4.78 is 5.62. The summed E-state index contributed by atoms with van der Waals surface area (Å²) in [7, 11) is 0. The smallest absolute Gasteiger partial charge is 0.212 e. The third-order valence-corrected chi connectivity index (χ3v) is 2.66. The molecule has 0 saturated carbocycles. The molecular weight excluding hydrogens is 245 g/mol. The molecule has 0 fully saturated rings. The molecule has 0 spiro atoms. The second kappa shape index (κ2) is 4.48. The molecule has 1 unspecified atom stereocenters. The minimum absolute atomic E-state index is 0.230. The van der Waals surface area contributed by atoms with Crippen molar-refractivity contribution in [2.45, 2.75) is 19.2 Å². The Hall–Kier alpha value is -0.990. The van der Waals surface area contributed by atoms with E-state index in [0.717, 1.165) is 17.0 Å². The Labute approximate surface area is 104 Å². The number of alkyl halides is 1. The zero-order valence-electron chi connectivity index (χ0n) is 9.00. The van der Waals surface area contributed by atoms with E-state index in [1.54, 1.807) is 0 Å². The molecule has 2 nitrogen and oxygen atoms in total. The van der Waals surface area contributed by atoms with Crippen LogP contribution in [-0.4, -0.2) is 4.98 Å². The van der Waals surface area contributed by atoms with Crippen molar-refractivity contribution < 1.29 is 4.42 Å². The number of aryl methyl sites for hydroxylation is 1. The van der Waals surface area contributed by atoms with Crippen LogP contribution in [0.4, 0.5) is 0 Å². The van der Waals surface area contributed by atoms with Gasteiger partial charge in [0.1, 0.15) is 5.38 Å². The van der Waals surface area contributed by atoms with E-state index in [0.29, 0.717) is 10.9 Å². The Balaban J connectivity index is 2.48. The van der Waals surface area contributed by atoms with E-state index in [4.69, 9.17) is 27.6 Å².